The first kappa shape index (κ1) is 31.2. The fourth-order valence-electron chi connectivity index (χ4n) is 4.24. The van der Waals surface area contributed by atoms with Crippen LogP contribution in [-0.4, -0.2) is 50.0 Å². The van der Waals surface area contributed by atoms with Gasteiger partial charge in [0.15, 0.2) is 0 Å². The van der Waals surface area contributed by atoms with Crippen LogP contribution >= 0.6 is 11.6 Å². The Balaban J connectivity index is 2.06. The highest BCUT2D eigenvalue weighted by Gasteiger charge is 2.33. The first-order valence-corrected chi connectivity index (χ1v) is 15.5. The summed E-state index contributed by atoms with van der Waals surface area (Å²) in [6.45, 7) is 7.33. The van der Waals surface area contributed by atoms with Gasteiger partial charge in [-0.05, 0) is 56.0 Å². The van der Waals surface area contributed by atoms with Gasteiger partial charge in [0.25, 0.3) is 0 Å². The summed E-state index contributed by atoms with van der Waals surface area (Å²) in [5.74, 6) is -0.786. The third kappa shape index (κ3) is 8.57. The van der Waals surface area contributed by atoms with Gasteiger partial charge in [0, 0.05) is 24.0 Å². The van der Waals surface area contributed by atoms with E-state index in [0.717, 1.165) is 39.2 Å². The molecule has 3 aromatic rings. The number of nitrogens with one attached hydrogen (secondary N) is 1. The summed E-state index contributed by atoms with van der Waals surface area (Å²) >= 11 is 6.30. The Kier molecular flexibility index (Phi) is 10.8. The zero-order valence-electron chi connectivity index (χ0n) is 23.7. The van der Waals surface area contributed by atoms with Crippen molar-refractivity contribution < 1.29 is 18.0 Å². The second-order valence-electron chi connectivity index (χ2n) is 10.2. The van der Waals surface area contributed by atoms with E-state index >= 15 is 0 Å². The number of amides is 2. The molecule has 0 saturated heterocycles. The van der Waals surface area contributed by atoms with Crippen molar-refractivity contribution in [1.82, 2.24) is 10.2 Å². The summed E-state index contributed by atoms with van der Waals surface area (Å²) in [5, 5.41) is 3.42. The van der Waals surface area contributed by atoms with Gasteiger partial charge in [-0.1, -0.05) is 84.8 Å². The van der Waals surface area contributed by atoms with Crippen LogP contribution in [0.1, 0.15) is 42.5 Å². The average Bonchev–Trinajstić information content (AvgIpc) is 2.91. The van der Waals surface area contributed by atoms with Gasteiger partial charge < -0.3 is 10.2 Å². The van der Waals surface area contributed by atoms with E-state index < -0.39 is 28.5 Å². The van der Waals surface area contributed by atoms with Crippen molar-refractivity contribution in [3.05, 3.63) is 100 Å². The van der Waals surface area contributed by atoms with E-state index in [1.54, 1.807) is 12.1 Å². The fraction of sp³-hybridized carbons (Fsp3) is 0.355. The molecule has 9 heteroatoms. The van der Waals surface area contributed by atoms with Gasteiger partial charge in [0.1, 0.15) is 12.6 Å². The van der Waals surface area contributed by atoms with E-state index in [9.17, 15) is 18.0 Å². The normalized spacial score (nSPS) is 12.8. The Morgan fingerprint density at radius 1 is 0.950 bits per heavy atom. The molecule has 0 aliphatic carbocycles. The highest BCUT2D eigenvalue weighted by atomic mass is 35.5. The average molecular weight is 584 g/mol. The summed E-state index contributed by atoms with van der Waals surface area (Å²) in [6, 6.07) is 21.1. The Hall–Kier alpha value is -3.36. The van der Waals surface area contributed by atoms with Crippen LogP contribution in [0.15, 0.2) is 72.8 Å². The Bertz CT molecular complexity index is 1410. The lowest BCUT2D eigenvalue weighted by atomic mass is 10.0. The third-order valence-corrected chi connectivity index (χ3v) is 8.42. The van der Waals surface area contributed by atoms with Crippen LogP contribution < -0.4 is 9.62 Å². The first-order chi connectivity index (χ1) is 18.9. The highest BCUT2D eigenvalue weighted by Crippen LogP contribution is 2.26. The van der Waals surface area contributed by atoms with Crippen LogP contribution in [-0.2, 0) is 32.6 Å². The minimum absolute atomic E-state index is 0.0932. The van der Waals surface area contributed by atoms with Gasteiger partial charge in [-0.15, -0.1) is 0 Å². The quantitative estimate of drug-likeness (QED) is 0.314. The number of nitrogens with zero attached hydrogens (tertiary/aromatic N) is 2. The lowest BCUT2D eigenvalue weighted by Gasteiger charge is -2.34. The number of benzene rings is 3. The Labute approximate surface area is 243 Å². The third-order valence-electron chi connectivity index (χ3n) is 6.87. The second-order valence-corrected chi connectivity index (χ2v) is 12.5. The van der Waals surface area contributed by atoms with E-state index in [1.807, 2.05) is 82.3 Å². The predicted octanol–water partition coefficient (Wildman–Crippen LogP) is 5.28. The zero-order valence-corrected chi connectivity index (χ0v) is 25.3. The number of carbonyl (C=O) groups excluding carboxylic acids is 2. The largest absolute Gasteiger partial charge is 0.352 e. The maximum atomic E-state index is 14.1. The molecule has 0 fully saturated rings. The number of halogens is 1. The summed E-state index contributed by atoms with van der Waals surface area (Å²) < 4.78 is 26.8. The van der Waals surface area contributed by atoms with Gasteiger partial charge >= 0.3 is 0 Å². The van der Waals surface area contributed by atoms with Gasteiger partial charge in [-0.3, -0.25) is 13.9 Å². The number of hydrogen-bond acceptors (Lipinski definition) is 4. The molecule has 0 radical (unpaired) electrons. The number of aryl methyl sites for hydroxylation is 2. The standard InChI is InChI=1S/C31H38ClN3O4S/c1-6-24(4)33-31(37)29(18-25-10-8-7-9-11-25)34(20-26-15-12-22(2)13-16-26)30(36)21-35(40(5,38)39)27-17-14-23(3)28(32)19-27/h7-17,19,24,29H,6,18,20-21H2,1-5H3,(H,33,37)/t24-,29-/m0/s1. The fourth-order valence-corrected chi connectivity index (χ4v) is 5.25. The molecule has 3 rings (SSSR count). The van der Waals surface area contributed by atoms with Gasteiger partial charge in [-0.2, -0.15) is 0 Å². The molecule has 214 valence electrons. The number of carbonyl (C=O) groups is 2. The Morgan fingerprint density at radius 2 is 1.60 bits per heavy atom. The van der Waals surface area contributed by atoms with E-state index in [2.05, 4.69) is 5.32 Å². The van der Waals surface area contributed by atoms with Crippen LogP contribution in [0.3, 0.4) is 0 Å². The van der Waals surface area contributed by atoms with Crippen molar-refractivity contribution in [2.75, 3.05) is 17.1 Å². The van der Waals surface area contributed by atoms with Gasteiger partial charge in [0.2, 0.25) is 21.8 Å². The summed E-state index contributed by atoms with van der Waals surface area (Å²) in [5.41, 5.74) is 3.86. The maximum Gasteiger partial charge on any atom is 0.244 e. The number of hydrogen-bond donors (Lipinski definition) is 1. The number of anilines is 1. The van der Waals surface area contributed by atoms with E-state index in [4.69, 9.17) is 11.6 Å². The van der Waals surface area contributed by atoms with E-state index in [-0.39, 0.29) is 30.6 Å². The summed E-state index contributed by atoms with van der Waals surface area (Å²) in [6.07, 6.45) is 2.05. The SMILES string of the molecule is CC[C@H](C)NC(=O)[C@H](Cc1ccccc1)N(Cc1ccc(C)cc1)C(=O)CN(c1ccc(C)c(Cl)c1)S(C)(=O)=O. The van der Waals surface area contributed by atoms with Gasteiger partial charge in [0.05, 0.1) is 11.9 Å². The minimum atomic E-state index is -3.86. The molecular weight excluding hydrogens is 546 g/mol. The van der Waals surface area contributed by atoms with Crippen molar-refractivity contribution in [3.63, 3.8) is 0 Å². The molecule has 3 aromatic carbocycles. The molecule has 0 bridgehead atoms. The predicted molar refractivity (Wildman–Crippen MR) is 162 cm³/mol. The number of sulfonamides is 1. The van der Waals surface area contributed by atoms with Crippen LogP contribution in [0, 0.1) is 13.8 Å². The summed E-state index contributed by atoms with van der Waals surface area (Å²) in [4.78, 5) is 29.3. The minimum Gasteiger partial charge on any atom is -0.352 e. The van der Waals surface area contributed by atoms with Crippen molar-refractivity contribution in [2.45, 2.75) is 59.2 Å². The van der Waals surface area contributed by atoms with Gasteiger partial charge in [-0.25, -0.2) is 8.42 Å². The van der Waals surface area contributed by atoms with Crippen LogP contribution in [0.2, 0.25) is 5.02 Å². The Morgan fingerprint density at radius 3 is 2.17 bits per heavy atom. The van der Waals surface area contributed by atoms with E-state index in [0.29, 0.717) is 5.02 Å². The second kappa shape index (κ2) is 13.8. The highest BCUT2D eigenvalue weighted by molar-refractivity contribution is 7.92. The maximum absolute atomic E-state index is 14.1. The molecule has 7 nitrogen and oxygen atoms in total. The van der Waals surface area contributed by atoms with Crippen molar-refractivity contribution in [1.29, 1.82) is 0 Å². The smallest absolute Gasteiger partial charge is 0.244 e. The molecule has 0 aliphatic heterocycles. The molecule has 0 heterocycles. The van der Waals surface area contributed by atoms with Crippen LogP contribution in [0.4, 0.5) is 5.69 Å². The zero-order chi connectivity index (χ0) is 29.4. The van der Waals surface area contributed by atoms with Crippen LogP contribution in [0.25, 0.3) is 0 Å². The number of rotatable bonds is 12. The topological polar surface area (TPSA) is 86.8 Å². The van der Waals surface area contributed by atoms with Crippen molar-refractivity contribution >= 4 is 39.1 Å². The molecule has 1 N–H and O–H groups in total. The molecule has 0 aliphatic rings. The molecule has 2 atom stereocenters. The molecule has 0 spiro atoms. The lowest BCUT2D eigenvalue weighted by Crippen LogP contribution is -2.54. The first-order valence-electron chi connectivity index (χ1n) is 13.3. The van der Waals surface area contributed by atoms with Crippen molar-refractivity contribution in [3.8, 4) is 0 Å². The molecule has 0 aromatic heterocycles. The molecule has 2 amide bonds. The molecule has 40 heavy (non-hydrogen) atoms. The molecule has 0 unspecified atom stereocenters. The molecular formula is C31H38ClN3O4S. The molecule has 0 saturated carbocycles. The van der Waals surface area contributed by atoms with Crippen molar-refractivity contribution in [2.24, 2.45) is 0 Å². The summed E-state index contributed by atoms with van der Waals surface area (Å²) in [7, 11) is -3.86. The van der Waals surface area contributed by atoms with Crippen LogP contribution in [0.5, 0.6) is 0 Å². The van der Waals surface area contributed by atoms with E-state index in [1.165, 1.54) is 11.0 Å². The lowest BCUT2D eigenvalue weighted by molar-refractivity contribution is -0.140. The monoisotopic (exact) mass is 583 g/mol.